The molecule has 0 spiro atoms. The number of unbranched alkanes of at least 4 members (excludes halogenated alkanes) is 6. The fourth-order valence-corrected chi connectivity index (χ4v) is 6.03. The molecule has 1 aliphatic rings. The van der Waals surface area contributed by atoms with Crippen molar-refractivity contribution in [3.8, 4) is 11.5 Å². The average Bonchev–Trinajstić information content (AvgIpc) is 3.48. The molecule has 0 N–H and O–H groups in total. The van der Waals surface area contributed by atoms with E-state index in [9.17, 15) is 0 Å². The predicted octanol–water partition coefficient (Wildman–Crippen LogP) is 11.3. The zero-order valence-corrected chi connectivity index (χ0v) is 29.4. The molecule has 0 saturated carbocycles. The smallest absolute Gasteiger partial charge is 0.202 e. The lowest BCUT2D eigenvalue weighted by Crippen LogP contribution is -2.21. The van der Waals surface area contributed by atoms with Crippen molar-refractivity contribution in [2.75, 3.05) is 13.2 Å². The second-order valence-corrected chi connectivity index (χ2v) is 13.3. The molecule has 45 heavy (non-hydrogen) atoms. The lowest BCUT2D eigenvalue weighted by Gasteiger charge is -2.25. The van der Waals surface area contributed by atoms with Crippen LogP contribution < -0.4 is 9.47 Å². The Morgan fingerprint density at radius 1 is 0.489 bits per heavy atom. The summed E-state index contributed by atoms with van der Waals surface area (Å²) in [6.07, 6.45) is 9.43. The summed E-state index contributed by atoms with van der Waals surface area (Å²) in [5.41, 5.74) is 4.74. The van der Waals surface area contributed by atoms with Crippen molar-refractivity contribution < 1.29 is 9.47 Å². The minimum absolute atomic E-state index is 0.724. The van der Waals surface area contributed by atoms with Gasteiger partial charge in [0.1, 0.15) is 11.5 Å². The number of hydrogen-bond donors (Lipinski definition) is 0. The first-order valence-electron chi connectivity index (χ1n) is 16.2. The highest BCUT2D eigenvalue weighted by Crippen LogP contribution is 2.42. The topological polar surface area (TPSA) is 43.2 Å². The Morgan fingerprint density at radius 3 is 1.22 bits per heavy atom. The van der Waals surface area contributed by atoms with Gasteiger partial charge in [-0.25, -0.2) is 9.98 Å². The van der Waals surface area contributed by atoms with Crippen molar-refractivity contribution in [1.82, 2.24) is 0 Å². The summed E-state index contributed by atoms with van der Waals surface area (Å²) in [6, 6.07) is 33.2. The van der Waals surface area contributed by atoms with Crippen LogP contribution in [0.2, 0.25) is 0 Å². The molecule has 0 radical (unpaired) electrons. The Balaban J connectivity index is 1.54. The molecular formula is C39H42Br2N2O2. The summed E-state index contributed by atoms with van der Waals surface area (Å²) in [5.74, 6) is 1.73. The van der Waals surface area contributed by atoms with E-state index in [0.29, 0.717) is 0 Å². The number of halogens is 2. The quantitative estimate of drug-likeness (QED) is 0.108. The van der Waals surface area contributed by atoms with E-state index in [1.165, 1.54) is 38.5 Å². The maximum atomic E-state index is 6.09. The van der Waals surface area contributed by atoms with Gasteiger partial charge in [0.15, 0.2) is 0 Å². The highest BCUT2D eigenvalue weighted by Gasteiger charge is 2.40. The molecule has 234 valence electrons. The maximum Gasteiger partial charge on any atom is 0.202 e. The average molecular weight is 731 g/mol. The molecule has 1 aliphatic heterocycles. The molecular weight excluding hydrogens is 688 g/mol. The van der Waals surface area contributed by atoms with Crippen LogP contribution in [0, 0.1) is 0 Å². The molecule has 0 bridgehead atoms. The molecule has 4 nitrogen and oxygen atoms in total. The molecule has 0 atom stereocenters. The molecule has 0 saturated heterocycles. The standard InChI is InChI=1S/C39H42Br2N2O2/c1-3-5-7-9-27-44-35-23-15-31(16-24-35)39(32-17-25-36(26-18-32)45-28-10-8-6-4-2)42-37(29-11-19-33(40)20-12-29)38(43-39)30-13-21-34(41)22-14-30/h11-26H,3-10,27-28H2,1-2H3. The van der Waals surface area contributed by atoms with Gasteiger partial charge < -0.3 is 9.47 Å². The van der Waals surface area contributed by atoms with Crippen LogP contribution in [0.1, 0.15) is 87.5 Å². The van der Waals surface area contributed by atoms with Crippen LogP contribution in [0.25, 0.3) is 0 Å². The monoisotopic (exact) mass is 728 g/mol. The van der Waals surface area contributed by atoms with E-state index in [-0.39, 0.29) is 0 Å². The van der Waals surface area contributed by atoms with Crippen molar-refractivity contribution in [3.05, 3.63) is 128 Å². The largest absolute Gasteiger partial charge is 0.494 e. The first-order chi connectivity index (χ1) is 22.0. The van der Waals surface area contributed by atoms with Gasteiger partial charge in [-0.1, -0.05) is 133 Å². The Hall–Kier alpha value is -3.22. The Bertz CT molecular complexity index is 1440. The Labute approximate surface area is 285 Å². The first kappa shape index (κ1) is 33.2. The van der Waals surface area contributed by atoms with E-state index in [1.54, 1.807) is 0 Å². The van der Waals surface area contributed by atoms with Gasteiger partial charge >= 0.3 is 0 Å². The molecule has 6 heteroatoms. The summed E-state index contributed by atoms with van der Waals surface area (Å²) in [6.45, 7) is 5.90. The van der Waals surface area contributed by atoms with Crippen LogP contribution in [0.5, 0.6) is 11.5 Å². The Morgan fingerprint density at radius 2 is 0.867 bits per heavy atom. The van der Waals surface area contributed by atoms with E-state index < -0.39 is 5.66 Å². The maximum absolute atomic E-state index is 6.09. The number of benzene rings is 4. The fraction of sp³-hybridized carbons (Fsp3) is 0.333. The third-order valence-electron chi connectivity index (χ3n) is 8.05. The molecule has 0 unspecified atom stereocenters. The number of nitrogens with zero attached hydrogens (tertiary/aromatic N) is 2. The minimum atomic E-state index is -0.968. The zero-order valence-electron chi connectivity index (χ0n) is 26.3. The van der Waals surface area contributed by atoms with Gasteiger partial charge in [-0.2, -0.15) is 0 Å². The molecule has 0 aliphatic carbocycles. The van der Waals surface area contributed by atoms with Gasteiger partial charge in [0.2, 0.25) is 5.66 Å². The lowest BCUT2D eigenvalue weighted by atomic mass is 9.92. The number of rotatable bonds is 16. The normalized spacial score (nSPS) is 13.8. The van der Waals surface area contributed by atoms with Crippen LogP contribution >= 0.6 is 31.9 Å². The molecule has 0 amide bonds. The number of aliphatic imine (C=N–C) groups is 2. The van der Waals surface area contributed by atoms with Crippen molar-refractivity contribution >= 4 is 43.3 Å². The highest BCUT2D eigenvalue weighted by molar-refractivity contribution is 9.10. The number of hydrogen-bond acceptors (Lipinski definition) is 4. The SMILES string of the molecule is CCCCCCOc1ccc(C2(c3ccc(OCCCCCC)cc3)N=C(c3ccc(Br)cc3)C(c3ccc(Br)cc3)=N2)cc1. The van der Waals surface area contributed by atoms with Gasteiger partial charge in [0.25, 0.3) is 0 Å². The minimum Gasteiger partial charge on any atom is -0.494 e. The number of ether oxygens (including phenoxy) is 2. The van der Waals surface area contributed by atoms with E-state index >= 15 is 0 Å². The summed E-state index contributed by atoms with van der Waals surface area (Å²) in [5, 5.41) is 0. The lowest BCUT2D eigenvalue weighted by molar-refractivity contribution is 0.305. The van der Waals surface area contributed by atoms with Crippen LogP contribution in [0.4, 0.5) is 0 Å². The Kier molecular flexibility index (Phi) is 12.1. The van der Waals surface area contributed by atoms with Crippen LogP contribution in [0.15, 0.2) is 116 Å². The molecule has 0 fully saturated rings. The summed E-state index contributed by atoms with van der Waals surface area (Å²) in [4.78, 5) is 11.0. The van der Waals surface area contributed by atoms with Gasteiger partial charge in [0.05, 0.1) is 24.6 Å². The van der Waals surface area contributed by atoms with E-state index in [1.807, 2.05) is 24.3 Å². The summed E-state index contributed by atoms with van der Waals surface area (Å²) < 4.78 is 14.2. The molecule has 4 aromatic rings. The van der Waals surface area contributed by atoms with E-state index in [4.69, 9.17) is 19.5 Å². The van der Waals surface area contributed by atoms with Gasteiger partial charge in [-0.15, -0.1) is 0 Å². The van der Waals surface area contributed by atoms with Crippen LogP contribution in [0.3, 0.4) is 0 Å². The zero-order chi connectivity index (χ0) is 31.5. The van der Waals surface area contributed by atoms with Crippen LogP contribution in [-0.4, -0.2) is 24.6 Å². The third kappa shape index (κ3) is 8.53. The second kappa shape index (κ2) is 16.4. The second-order valence-electron chi connectivity index (χ2n) is 11.5. The summed E-state index contributed by atoms with van der Waals surface area (Å²) in [7, 11) is 0. The van der Waals surface area contributed by atoms with Crippen molar-refractivity contribution in [1.29, 1.82) is 0 Å². The van der Waals surface area contributed by atoms with Gasteiger partial charge in [-0.3, -0.25) is 0 Å². The predicted molar refractivity (Wildman–Crippen MR) is 194 cm³/mol. The van der Waals surface area contributed by atoms with Crippen molar-refractivity contribution in [3.63, 3.8) is 0 Å². The highest BCUT2D eigenvalue weighted by atomic mass is 79.9. The van der Waals surface area contributed by atoms with E-state index in [2.05, 4.69) is 119 Å². The first-order valence-corrected chi connectivity index (χ1v) is 17.8. The van der Waals surface area contributed by atoms with Gasteiger partial charge in [0, 0.05) is 31.2 Å². The van der Waals surface area contributed by atoms with E-state index in [0.717, 1.165) is 80.2 Å². The summed E-state index contributed by atoms with van der Waals surface area (Å²) >= 11 is 7.18. The molecule has 4 aromatic carbocycles. The van der Waals surface area contributed by atoms with Crippen molar-refractivity contribution in [2.24, 2.45) is 9.98 Å². The van der Waals surface area contributed by atoms with Crippen molar-refractivity contribution in [2.45, 2.75) is 70.9 Å². The van der Waals surface area contributed by atoms with Gasteiger partial charge in [-0.05, 0) is 61.4 Å². The molecule has 5 rings (SSSR count). The molecule has 1 heterocycles. The third-order valence-corrected chi connectivity index (χ3v) is 9.11. The van der Waals surface area contributed by atoms with Crippen LogP contribution in [-0.2, 0) is 5.66 Å². The molecule has 0 aromatic heterocycles. The fourth-order valence-electron chi connectivity index (χ4n) is 5.50.